The van der Waals surface area contributed by atoms with E-state index in [0.717, 1.165) is 42.3 Å². The van der Waals surface area contributed by atoms with Crippen LogP contribution in [0.15, 0.2) is 24.3 Å². The Morgan fingerprint density at radius 1 is 1.32 bits per heavy atom. The highest BCUT2D eigenvalue weighted by molar-refractivity contribution is 7.11. The molecule has 0 bridgehead atoms. The SMILES string of the molecule is CCCCOc1cccc(CC(CN)c2nc(C)c(C)s2)c1. The highest BCUT2D eigenvalue weighted by Crippen LogP contribution is 2.27. The summed E-state index contributed by atoms with van der Waals surface area (Å²) in [5.41, 5.74) is 8.36. The number of nitrogens with two attached hydrogens (primary N) is 1. The zero-order valence-electron chi connectivity index (χ0n) is 13.8. The second-order valence-electron chi connectivity index (χ2n) is 5.68. The molecule has 2 aromatic rings. The van der Waals surface area contributed by atoms with Gasteiger partial charge >= 0.3 is 0 Å². The number of ether oxygens (including phenoxy) is 1. The van der Waals surface area contributed by atoms with Gasteiger partial charge in [0.15, 0.2) is 0 Å². The van der Waals surface area contributed by atoms with E-state index in [1.54, 1.807) is 11.3 Å². The Morgan fingerprint density at radius 3 is 2.77 bits per heavy atom. The molecule has 0 saturated heterocycles. The molecule has 1 atom stereocenters. The molecule has 0 fully saturated rings. The smallest absolute Gasteiger partial charge is 0.119 e. The molecule has 0 amide bonds. The Balaban J connectivity index is 2.05. The van der Waals surface area contributed by atoms with Crippen LogP contribution in [0.2, 0.25) is 0 Å². The van der Waals surface area contributed by atoms with Crippen LogP contribution in [0.5, 0.6) is 5.75 Å². The van der Waals surface area contributed by atoms with E-state index in [1.807, 2.05) is 6.07 Å². The van der Waals surface area contributed by atoms with Gasteiger partial charge in [0.05, 0.1) is 17.3 Å². The number of rotatable bonds is 8. The van der Waals surface area contributed by atoms with E-state index in [4.69, 9.17) is 10.5 Å². The highest BCUT2D eigenvalue weighted by Gasteiger charge is 2.16. The van der Waals surface area contributed by atoms with Crippen LogP contribution in [0.1, 0.15) is 46.8 Å². The lowest BCUT2D eigenvalue weighted by Crippen LogP contribution is -2.15. The molecule has 120 valence electrons. The van der Waals surface area contributed by atoms with Gasteiger partial charge in [0.2, 0.25) is 0 Å². The molecule has 1 heterocycles. The van der Waals surface area contributed by atoms with Crippen LogP contribution in [0, 0.1) is 13.8 Å². The monoisotopic (exact) mass is 318 g/mol. The van der Waals surface area contributed by atoms with Gasteiger partial charge in [0.1, 0.15) is 5.75 Å². The minimum Gasteiger partial charge on any atom is -0.494 e. The number of benzene rings is 1. The summed E-state index contributed by atoms with van der Waals surface area (Å²) in [5, 5.41) is 1.15. The van der Waals surface area contributed by atoms with E-state index in [1.165, 1.54) is 10.4 Å². The molecule has 4 heteroatoms. The topological polar surface area (TPSA) is 48.1 Å². The van der Waals surface area contributed by atoms with Crippen LogP contribution in [-0.4, -0.2) is 18.1 Å². The second-order valence-corrected chi connectivity index (χ2v) is 6.91. The molecule has 0 spiro atoms. The predicted octanol–water partition coefficient (Wildman–Crippen LogP) is 4.22. The average Bonchev–Trinajstić information content (AvgIpc) is 2.85. The lowest BCUT2D eigenvalue weighted by molar-refractivity contribution is 0.309. The maximum atomic E-state index is 5.98. The van der Waals surface area contributed by atoms with E-state index < -0.39 is 0 Å². The van der Waals surface area contributed by atoms with Crippen LogP contribution in [0.4, 0.5) is 0 Å². The first-order valence-electron chi connectivity index (χ1n) is 7.99. The van der Waals surface area contributed by atoms with Crippen LogP contribution in [0.3, 0.4) is 0 Å². The molecule has 0 saturated carbocycles. The Labute approximate surface area is 137 Å². The number of hydrogen-bond acceptors (Lipinski definition) is 4. The average molecular weight is 318 g/mol. The molecule has 0 aliphatic rings. The standard InChI is InChI=1S/C18H26N2OS/c1-4-5-9-21-17-8-6-7-15(11-17)10-16(12-19)18-20-13(2)14(3)22-18/h6-8,11,16H,4-5,9-10,12,19H2,1-3H3. The van der Waals surface area contributed by atoms with Gasteiger partial charge in [-0.15, -0.1) is 11.3 Å². The first-order chi connectivity index (χ1) is 10.6. The fraction of sp³-hybridized carbons (Fsp3) is 0.500. The normalized spacial score (nSPS) is 12.4. The molecule has 1 unspecified atom stereocenters. The van der Waals surface area contributed by atoms with Crippen molar-refractivity contribution >= 4 is 11.3 Å². The van der Waals surface area contributed by atoms with Crippen molar-refractivity contribution in [2.75, 3.05) is 13.2 Å². The summed E-state index contributed by atoms with van der Waals surface area (Å²) in [7, 11) is 0. The molecule has 1 aromatic heterocycles. The first kappa shape index (κ1) is 17.0. The van der Waals surface area contributed by atoms with E-state index in [0.29, 0.717) is 6.54 Å². The minimum atomic E-state index is 0.281. The molecular weight excluding hydrogens is 292 g/mol. The third-order valence-corrected chi connectivity index (χ3v) is 5.06. The van der Waals surface area contributed by atoms with Crippen LogP contribution >= 0.6 is 11.3 Å². The minimum absolute atomic E-state index is 0.281. The van der Waals surface area contributed by atoms with Gasteiger partial charge < -0.3 is 10.5 Å². The van der Waals surface area contributed by atoms with Gasteiger partial charge in [-0.1, -0.05) is 25.5 Å². The molecule has 1 aromatic carbocycles. The summed E-state index contributed by atoms with van der Waals surface area (Å²) >= 11 is 1.76. The number of nitrogens with zero attached hydrogens (tertiary/aromatic N) is 1. The summed E-state index contributed by atoms with van der Waals surface area (Å²) in [5.74, 6) is 1.23. The number of hydrogen-bond donors (Lipinski definition) is 1. The maximum Gasteiger partial charge on any atom is 0.119 e. The zero-order valence-corrected chi connectivity index (χ0v) is 14.6. The van der Waals surface area contributed by atoms with Crippen LogP contribution in [0.25, 0.3) is 0 Å². The van der Waals surface area contributed by atoms with Gasteiger partial charge in [-0.25, -0.2) is 4.98 Å². The maximum absolute atomic E-state index is 5.98. The van der Waals surface area contributed by atoms with E-state index in [-0.39, 0.29) is 5.92 Å². The fourth-order valence-corrected chi connectivity index (χ4v) is 3.36. The molecule has 0 radical (unpaired) electrons. The second kappa shape index (κ2) is 8.30. The molecule has 3 nitrogen and oxygen atoms in total. The number of aryl methyl sites for hydroxylation is 2. The van der Waals surface area contributed by atoms with Gasteiger partial charge in [-0.3, -0.25) is 0 Å². The van der Waals surface area contributed by atoms with Crippen molar-refractivity contribution in [3.8, 4) is 5.75 Å². The number of aromatic nitrogens is 1. The molecule has 0 aliphatic heterocycles. The fourth-order valence-electron chi connectivity index (χ4n) is 2.32. The van der Waals surface area contributed by atoms with Gasteiger partial charge in [0.25, 0.3) is 0 Å². The molecule has 2 rings (SSSR count). The summed E-state index contributed by atoms with van der Waals surface area (Å²) in [6, 6.07) is 8.35. The van der Waals surface area contributed by atoms with Gasteiger partial charge in [-0.05, 0) is 44.4 Å². The van der Waals surface area contributed by atoms with Crippen molar-refractivity contribution in [1.82, 2.24) is 4.98 Å². The van der Waals surface area contributed by atoms with Crippen molar-refractivity contribution in [1.29, 1.82) is 0 Å². The summed E-state index contributed by atoms with van der Waals surface area (Å²) in [6.07, 6.45) is 3.15. The molecule has 0 aliphatic carbocycles. The van der Waals surface area contributed by atoms with Crippen molar-refractivity contribution in [3.05, 3.63) is 45.4 Å². The number of unbranched alkanes of at least 4 members (excludes halogenated alkanes) is 1. The number of thiazole rings is 1. The van der Waals surface area contributed by atoms with E-state index in [9.17, 15) is 0 Å². The third kappa shape index (κ3) is 4.55. The van der Waals surface area contributed by atoms with Crippen LogP contribution in [-0.2, 0) is 6.42 Å². The Hall–Kier alpha value is -1.39. The Morgan fingerprint density at radius 2 is 2.14 bits per heavy atom. The molecule has 22 heavy (non-hydrogen) atoms. The van der Waals surface area contributed by atoms with Crippen molar-refractivity contribution < 1.29 is 4.74 Å². The van der Waals surface area contributed by atoms with E-state index >= 15 is 0 Å². The molecule has 2 N–H and O–H groups in total. The van der Waals surface area contributed by atoms with Crippen molar-refractivity contribution in [2.24, 2.45) is 5.73 Å². The van der Waals surface area contributed by atoms with Crippen molar-refractivity contribution in [2.45, 2.75) is 46.0 Å². The van der Waals surface area contributed by atoms with Crippen molar-refractivity contribution in [3.63, 3.8) is 0 Å². The third-order valence-electron chi connectivity index (χ3n) is 3.83. The molecular formula is C18H26N2OS. The highest BCUT2D eigenvalue weighted by atomic mass is 32.1. The van der Waals surface area contributed by atoms with Gasteiger partial charge in [-0.2, -0.15) is 0 Å². The predicted molar refractivity (Wildman–Crippen MR) is 93.9 cm³/mol. The lowest BCUT2D eigenvalue weighted by Gasteiger charge is -2.13. The van der Waals surface area contributed by atoms with E-state index in [2.05, 4.69) is 44.0 Å². The summed E-state index contributed by atoms with van der Waals surface area (Å²) < 4.78 is 5.79. The summed E-state index contributed by atoms with van der Waals surface area (Å²) in [4.78, 5) is 5.95. The Kier molecular flexibility index (Phi) is 6.40. The first-order valence-corrected chi connectivity index (χ1v) is 8.81. The van der Waals surface area contributed by atoms with Gasteiger partial charge in [0, 0.05) is 17.3 Å². The lowest BCUT2D eigenvalue weighted by atomic mass is 10.00. The quantitative estimate of drug-likeness (QED) is 0.741. The van der Waals surface area contributed by atoms with Crippen LogP contribution < -0.4 is 10.5 Å². The Bertz CT molecular complexity index is 575. The zero-order chi connectivity index (χ0) is 15.9. The largest absolute Gasteiger partial charge is 0.494 e. The summed E-state index contributed by atoms with van der Waals surface area (Å²) in [6.45, 7) is 7.75.